The Labute approximate surface area is 103 Å². The largest absolute Gasteiger partial charge is 0.323 e. The summed E-state index contributed by atoms with van der Waals surface area (Å²) < 4.78 is 0. The van der Waals surface area contributed by atoms with E-state index >= 15 is 0 Å². The molecular weight excluding hydrogens is 208 g/mol. The normalized spacial score (nSPS) is 13.9. The lowest BCUT2D eigenvalue weighted by atomic mass is 9.82. The molecule has 1 unspecified atom stereocenters. The minimum absolute atomic E-state index is 0.0223. The molecule has 2 N–H and O–H groups in total. The molecule has 0 bridgehead atoms. The number of aryl methyl sites for hydroxylation is 1. The quantitative estimate of drug-likeness (QED) is 0.810. The molecule has 0 aliphatic heterocycles. The highest BCUT2D eigenvalue weighted by Crippen LogP contribution is 2.34. The lowest BCUT2D eigenvalue weighted by molar-refractivity contribution is 0.328. The maximum Gasteiger partial charge on any atom is 0.0708 e. The predicted molar refractivity (Wildman–Crippen MR) is 72.9 cm³/mol. The Balaban J connectivity index is 2.68. The van der Waals surface area contributed by atoms with Crippen molar-refractivity contribution in [1.82, 2.24) is 4.98 Å². The Morgan fingerprint density at radius 1 is 1.18 bits per heavy atom. The van der Waals surface area contributed by atoms with Crippen molar-refractivity contribution in [2.75, 3.05) is 0 Å². The van der Waals surface area contributed by atoms with Crippen LogP contribution in [0.4, 0.5) is 0 Å². The highest BCUT2D eigenvalue weighted by Gasteiger charge is 2.24. The van der Waals surface area contributed by atoms with Crippen molar-refractivity contribution in [3.63, 3.8) is 0 Å². The summed E-state index contributed by atoms with van der Waals surface area (Å²) in [6.07, 6.45) is 0. The SMILES string of the molecule is Cc1cc(C(N)C(C)(C)C)c2ccccc2n1. The molecule has 0 amide bonds. The molecule has 2 heteroatoms. The van der Waals surface area contributed by atoms with Gasteiger partial charge in [0.2, 0.25) is 0 Å². The van der Waals surface area contributed by atoms with Gasteiger partial charge in [0.15, 0.2) is 0 Å². The third kappa shape index (κ3) is 2.32. The first kappa shape index (κ1) is 12.1. The van der Waals surface area contributed by atoms with Crippen LogP contribution < -0.4 is 5.73 Å². The van der Waals surface area contributed by atoms with Gasteiger partial charge in [-0.25, -0.2) is 0 Å². The highest BCUT2D eigenvalue weighted by molar-refractivity contribution is 5.82. The van der Waals surface area contributed by atoms with Crippen molar-refractivity contribution < 1.29 is 0 Å². The monoisotopic (exact) mass is 228 g/mol. The van der Waals surface area contributed by atoms with Gasteiger partial charge in [-0.05, 0) is 30.0 Å². The van der Waals surface area contributed by atoms with E-state index in [1.54, 1.807) is 0 Å². The van der Waals surface area contributed by atoms with E-state index in [1.165, 1.54) is 10.9 Å². The van der Waals surface area contributed by atoms with Gasteiger partial charge in [-0.2, -0.15) is 0 Å². The average Bonchev–Trinajstić information content (AvgIpc) is 2.25. The van der Waals surface area contributed by atoms with Gasteiger partial charge in [0.25, 0.3) is 0 Å². The van der Waals surface area contributed by atoms with Crippen molar-refractivity contribution in [3.8, 4) is 0 Å². The topological polar surface area (TPSA) is 38.9 Å². The number of fused-ring (bicyclic) bond motifs is 1. The van der Waals surface area contributed by atoms with Gasteiger partial charge in [0.05, 0.1) is 5.52 Å². The predicted octanol–water partition coefficient (Wildman–Crippen LogP) is 3.59. The molecule has 0 fully saturated rings. The molecule has 1 aromatic heterocycles. The van der Waals surface area contributed by atoms with Crippen LogP contribution in [0.1, 0.15) is 38.1 Å². The zero-order chi connectivity index (χ0) is 12.6. The number of para-hydroxylation sites is 1. The molecule has 90 valence electrons. The maximum absolute atomic E-state index is 6.38. The number of pyridine rings is 1. The molecule has 1 heterocycles. The number of hydrogen-bond acceptors (Lipinski definition) is 2. The number of nitrogens with zero attached hydrogens (tertiary/aromatic N) is 1. The van der Waals surface area contributed by atoms with Crippen LogP contribution in [0, 0.1) is 12.3 Å². The number of hydrogen-bond donors (Lipinski definition) is 1. The van der Waals surface area contributed by atoms with Gasteiger partial charge < -0.3 is 5.73 Å². The molecule has 0 aliphatic rings. The zero-order valence-electron chi connectivity index (χ0n) is 11.0. The number of aromatic nitrogens is 1. The smallest absolute Gasteiger partial charge is 0.0708 e. The molecule has 2 rings (SSSR count). The van der Waals surface area contributed by atoms with Gasteiger partial charge in [0.1, 0.15) is 0 Å². The Morgan fingerprint density at radius 2 is 1.82 bits per heavy atom. The summed E-state index contributed by atoms with van der Waals surface area (Å²) in [5, 5.41) is 1.17. The number of benzene rings is 1. The van der Waals surface area contributed by atoms with Crippen molar-refractivity contribution in [2.45, 2.75) is 33.7 Å². The number of rotatable bonds is 1. The molecule has 0 saturated carbocycles. The minimum Gasteiger partial charge on any atom is -0.323 e. The van der Waals surface area contributed by atoms with Crippen LogP contribution in [0.25, 0.3) is 10.9 Å². The zero-order valence-corrected chi connectivity index (χ0v) is 11.0. The number of nitrogens with two attached hydrogens (primary N) is 1. The van der Waals surface area contributed by atoms with E-state index in [4.69, 9.17) is 5.73 Å². The fraction of sp³-hybridized carbons (Fsp3) is 0.400. The molecule has 17 heavy (non-hydrogen) atoms. The summed E-state index contributed by atoms with van der Waals surface area (Å²) in [6.45, 7) is 8.53. The van der Waals surface area contributed by atoms with E-state index in [1.807, 2.05) is 25.1 Å². The van der Waals surface area contributed by atoms with Crippen LogP contribution in [0.3, 0.4) is 0 Å². The fourth-order valence-electron chi connectivity index (χ4n) is 2.06. The first-order valence-electron chi connectivity index (χ1n) is 6.01. The molecular formula is C15H20N2. The Bertz CT molecular complexity index is 538. The molecule has 2 nitrogen and oxygen atoms in total. The van der Waals surface area contributed by atoms with Crippen LogP contribution in [-0.4, -0.2) is 4.98 Å². The second-order valence-corrected chi connectivity index (χ2v) is 5.71. The third-order valence-corrected chi connectivity index (χ3v) is 3.14. The summed E-state index contributed by atoms with van der Waals surface area (Å²) >= 11 is 0. The standard InChI is InChI=1S/C15H20N2/c1-10-9-12(14(16)15(2,3)4)11-7-5-6-8-13(11)17-10/h5-9,14H,16H2,1-4H3. The van der Waals surface area contributed by atoms with Crippen LogP contribution >= 0.6 is 0 Å². The molecule has 0 radical (unpaired) electrons. The summed E-state index contributed by atoms with van der Waals surface area (Å²) in [5.74, 6) is 0. The van der Waals surface area contributed by atoms with Crippen LogP contribution in [0.15, 0.2) is 30.3 Å². The van der Waals surface area contributed by atoms with E-state index in [2.05, 4.69) is 37.9 Å². The summed E-state index contributed by atoms with van der Waals surface area (Å²) in [5.41, 5.74) is 9.68. The van der Waals surface area contributed by atoms with Gasteiger partial charge in [-0.3, -0.25) is 4.98 Å². The Hall–Kier alpha value is -1.41. The first-order chi connectivity index (χ1) is 7.89. The molecule has 0 spiro atoms. The molecule has 0 saturated heterocycles. The first-order valence-corrected chi connectivity index (χ1v) is 6.01. The van der Waals surface area contributed by atoms with Gasteiger partial charge in [-0.1, -0.05) is 39.0 Å². The lowest BCUT2D eigenvalue weighted by Crippen LogP contribution is -2.26. The lowest BCUT2D eigenvalue weighted by Gasteiger charge is -2.28. The van der Waals surface area contributed by atoms with E-state index < -0.39 is 0 Å². The van der Waals surface area contributed by atoms with Crippen molar-refractivity contribution in [1.29, 1.82) is 0 Å². The Morgan fingerprint density at radius 3 is 2.47 bits per heavy atom. The minimum atomic E-state index is 0.0223. The second kappa shape index (κ2) is 4.11. The summed E-state index contributed by atoms with van der Waals surface area (Å²) in [7, 11) is 0. The van der Waals surface area contributed by atoms with E-state index in [9.17, 15) is 0 Å². The molecule has 1 atom stereocenters. The van der Waals surface area contributed by atoms with Crippen molar-refractivity contribution in [3.05, 3.63) is 41.6 Å². The average molecular weight is 228 g/mol. The van der Waals surface area contributed by atoms with E-state index in [0.29, 0.717) is 0 Å². The Kier molecular flexibility index (Phi) is 2.92. The summed E-state index contributed by atoms with van der Waals surface area (Å²) in [4.78, 5) is 4.55. The molecule has 1 aromatic carbocycles. The van der Waals surface area contributed by atoms with E-state index in [0.717, 1.165) is 11.2 Å². The highest BCUT2D eigenvalue weighted by atomic mass is 14.7. The van der Waals surface area contributed by atoms with Gasteiger partial charge in [-0.15, -0.1) is 0 Å². The van der Waals surface area contributed by atoms with Gasteiger partial charge in [0, 0.05) is 17.1 Å². The van der Waals surface area contributed by atoms with E-state index in [-0.39, 0.29) is 11.5 Å². The van der Waals surface area contributed by atoms with Crippen molar-refractivity contribution in [2.24, 2.45) is 11.1 Å². The van der Waals surface area contributed by atoms with Crippen molar-refractivity contribution >= 4 is 10.9 Å². The second-order valence-electron chi connectivity index (χ2n) is 5.71. The van der Waals surface area contributed by atoms with Crippen LogP contribution in [0.2, 0.25) is 0 Å². The molecule has 2 aromatic rings. The summed E-state index contributed by atoms with van der Waals surface area (Å²) in [6, 6.07) is 10.3. The van der Waals surface area contributed by atoms with Gasteiger partial charge >= 0.3 is 0 Å². The maximum atomic E-state index is 6.38. The molecule has 0 aliphatic carbocycles. The van der Waals surface area contributed by atoms with Crippen LogP contribution in [-0.2, 0) is 0 Å². The fourth-order valence-corrected chi connectivity index (χ4v) is 2.06. The third-order valence-electron chi connectivity index (χ3n) is 3.14. The van der Waals surface area contributed by atoms with Crippen LogP contribution in [0.5, 0.6) is 0 Å².